The van der Waals surface area contributed by atoms with E-state index in [0.717, 1.165) is 0 Å². The Morgan fingerprint density at radius 1 is 1.33 bits per heavy atom. The minimum absolute atomic E-state index is 0.0103. The van der Waals surface area contributed by atoms with Gasteiger partial charge >= 0.3 is 7.82 Å². The van der Waals surface area contributed by atoms with Gasteiger partial charge in [-0.3, -0.25) is 23.7 Å². The predicted octanol–water partition coefficient (Wildman–Crippen LogP) is -1.58. The van der Waals surface area contributed by atoms with Crippen molar-refractivity contribution in [1.29, 1.82) is 0 Å². The van der Waals surface area contributed by atoms with Crippen LogP contribution in [0.1, 0.15) is 27.0 Å². The Morgan fingerprint density at radius 3 is 2.67 bits per heavy atom. The van der Waals surface area contributed by atoms with Crippen LogP contribution < -0.4 is 16.2 Å². The van der Waals surface area contributed by atoms with Gasteiger partial charge in [-0.2, -0.15) is 4.98 Å². The first kappa shape index (κ1) is 25.2. The van der Waals surface area contributed by atoms with E-state index in [1.165, 1.54) is 10.9 Å². The summed E-state index contributed by atoms with van der Waals surface area (Å²) in [7, 11) is -4.82. The molecule has 0 bridgehead atoms. The molecule has 0 saturated carbocycles. The molecule has 0 radical (unpaired) electrons. The third kappa shape index (κ3) is 5.95. The number of fused-ring (bicyclic) bond motifs is 1. The number of nitrogens with zero attached hydrogens (tertiary/aromatic N) is 3. The molecule has 33 heavy (non-hydrogen) atoms. The maximum absolute atomic E-state index is 12.4. The molecule has 1 aliphatic heterocycles. The Morgan fingerprint density at radius 2 is 2.03 bits per heavy atom. The van der Waals surface area contributed by atoms with Crippen LogP contribution in [0.25, 0.3) is 11.2 Å². The van der Waals surface area contributed by atoms with E-state index in [9.17, 15) is 24.4 Å². The smallest absolute Gasteiger partial charge is 0.387 e. The molecule has 3 rings (SSSR count). The maximum atomic E-state index is 12.4. The third-order valence-electron chi connectivity index (χ3n) is 4.88. The lowest BCUT2D eigenvalue weighted by Crippen LogP contribution is -2.39. The largest absolute Gasteiger partial charge is 0.469 e. The molecular weight excluding hydrogens is 463 g/mol. The van der Waals surface area contributed by atoms with Gasteiger partial charge in [-0.1, -0.05) is 13.8 Å². The van der Waals surface area contributed by atoms with E-state index in [0.29, 0.717) is 6.54 Å². The van der Waals surface area contributed by atoms with Crippen LogP contribution >= 0.6 is 7.82 Å². The number of nitrogens with one attached hydrogen (secondary N) is 3. The monoisotopic (exact) mass is 490 g/mol. The average Bonchev–Trinajstić information content (AvgIpc) is 3.25. The van der Waals surface area contributed by atoms with Crippen molar-refractivity contribution >= 4 is 30.8 Å². The van der Waals surface area contributed by atoms with E-state index in [1.807, 2.05) is 13.8 Å². The summed E-state index contributed by atoms with van der Waals surface area (Å²) in [5.41, 5.74) is -0.716. The Hall–Kier alpha value is -2.39. The topological polar surface area (TPSA) is 221 Å². The predicted molar refractivity (Wildman–Crippen MR) is 113 cm³/mol. The van der Waals surface area contributed by atoms with Crippen LogP contribution in [0.2, 0.25) is 0 Å². The number of carbonyl (C=O) groups is 1. The molecule has 7 N–H and O–H groups in total. The molecule has 0 unspecified atom stereocenters. The molecule has 16 heteroatoms. The molecule has 1 amide bonds. The summed E-state index contributed by atoms with van der Waals surface area (Å²) in [6.45, 7) is 5.28. The number of imidazole rings is 1. The maximum Gasteiger partial charge on any atom is 0.469 e. The van der Waals surface area contributed by atoms with E-state index >= 15 is 0 Å². The highest BCUT2D eigenvalue weighted by Gasteiger charge is 2.45. The van der Waals surface area contributed by atoms with Crippen LogP contribution in [0.5, 0.6) is 0 Å². The van der Waals surface area contributed by atoms with E-state index in [4.69, 9.17) is 14.5 Å². The number of aromatic amines is 1. The van der Waals surface area contributed by atoms with Crippen molar-refractivity contribution in [2.24, 2.45) is 5.92 Å². The van der Waals surface area contributed by atoms with Crippen molar-refractivity contribution in [3.63, 3.8) is 0 Å². The second-order valence-corrected chi connectivity index (χ2v) is 9.32. The van der Waals surface area contributed by atoms with Crippen LogP contribution in [0, 0.1) is 5.92 Å². The van der Waals surface area contributed by atoms with Crippen molar-refractivity contribution < 1.29 is 38.6 Å². The second kappa shape index (κ2) is 9.85. The van der Waals surface area contributed by atoms with Gasteiger partial charge in [0.2, 0.25) is 11.9 Å². The fourth-order valence-electron chi connectivity index (χ4n) is 3.18. The second-order valence-electron chi connectivity index (χ2n) is 8.08. The van der Waals surface area contributed by atoms with E-state index < -0.39 is 50.6 Å². The third-order valence-corrected chi connectivity index (χ3v) is 5.37. The lowest BCUT2D eigenvalue weighted by Gasteiger charge is -2.18. The molecule has 2 aromatic rings. The number of aromatic nitrogens is 4. The zero-order valence-electron chi connectivity index (χ0n) is 18.1. The van der Waals surface area contributed by atoms with Crippen molar-refractivity contribution in [3.05, 3.63) is 16.7 Å². The SMILES string of the molecule is CC(C)CNC(=O)[C@H](C)Nc1nc2c(ncn2[C@@H]2O[C@H](COP(=O)(O)O)[C@@H](O)[C@H]2O)c(=O)[nH]1. The number of phosphoric ester groups is 1. The number of ether oxygens (including phenoxy) is 1. The van der Waals surface area contributed by atoms with Gasteiger partial charge in [-0.25, -0.2) is 9.55 Å². The highest BCUT2D eigenvalue weighted by Crippen LogP contribution is 2.38. The summed E-state index contributed by atoms with van der Waals surface area (Å²) >= 11 is 0. The molecule has 0 spiro atoms. The highest BCUT2D eigenvalue weighted by molar-refractivity contribution is 7.46. The van der Waals surface area contributed by atoms with Gasteiger partial charge in [0.15, 0.2) is 17.4 Å². The Bertz CT molecular complexity index is 1100. The Labute approximate surface area is 187 Å². The molecule has 0 aromatic carbocycles. The molecule has 5 atom stereocenters. The minimum Gasteiger partial charge on any atom is -0.387 e. The molecule has 0 aliphatic carbocycles. The van der Waals surface area contributed by atoms with E-state index in [1.54, 1.807) is 6.92 Å². The van der Waals surface area contributed by atoms with Gasteiger partial charge in [0.1, 0.15) is 24.4 Å². The van der Waals surface area contributed by atoms with Crippen molar-refractivity contribution in [3.8, 4) is 0 Å². The fourth-order valence-corrected chi connectivity index (χ4v) is 3.52. The Kier molecular flexibility index (Phi) is 7.53. The molecular formula is C17H27N6O9P. The molecule has 1 saturated heterocycles. The first-order valence-electron chi connectivity index (χ1n) is 10.1. The zero-order valence-corrected chi connectivity index (χ0v) is 19.0. The lowest BCUT2D eigenvalue weighted by molar-refractivity contribution is -0.121. The number of carbonyl (C=O) groups excluding carboxylic acids is 1. The summed E-state index contributed by atoms with van der Waals surface area (Å²) < 4.78 is 22.0. The van der Waals surface area contributed by atoms with Gasteiger partial charge in [0.25, 0.3) is 5.56 Å². The highest BCUT2D eigenvalue weighted by atomic mass is 31.2. The van der Waals surface area contributed by atoms with Gasteiger partial charge < -0.3 is 35.4 Å². The number of hydrogen-bond donors (Lipinski definition) is 7. The van der Waals surface area contributed by atoms with E-state index in [2.05, 4.69) is 30.1 Å². The number of rotatable bonds is 9. The lowest BCUT2D eigenvalue weighted by atomic mass is 10.1. The van der Waals surface area contributed by atoms with Crippen molar-refractivity contribution in [2.45, 2.75) is 51.4 Å². The average molecular weight is 490 g/mol. The number of anilines is 1. The van der Waals surface area contributed by atoms with Gasteiger partial charge in [-0.15, -0.1) is 0 Å². The molecule has 2 aromatic heterocycles. The number of amides is 1. The van der Waals surface area contributed by atoms with Gasteiger partial charge in [-0.05, 0) is 12.8 Å². The van der Waals surface area contributed by atoms with Crippen LogP contribution in [-0.2, 0) is 18.6 Å². The molecule has 1 fully saturated rings. The van der Waals surface area contributed by atoms with Crippen molar-refractivity contribution in [1.82, 2.24) is 24.8 Å². The standard InChI is InChI=1S/C17H27N6O9P/c1-7(2)4-18-14(26)8(3)20-17-21-13-10(15(27)22-17)19-6-23(13)16-12(25)11(24)9(32-16)5-31-33(28,29)30/h6-9,11-12,16,24-25H,4-5H2,1-3H3,(H,18,26)(H2,28,29,30)(H2,20,21,22,27)/t8-,9+,11+,12+,16+/m0/s1. The Balaban J connectivity index is 1.82. The van der Waals surface area contributed by atoms with Gasteiger partial charge in [0.05, 0.1) is 12.9 Å². The molecule has 184 valence electrons. The summed E-state index contributed by atoms with van der Waals surface area (Å²) in [5, 5.41) is 26.1. The van der Waals surface area contributed by atoms with Gasteiger partial charge in [0, 0.05) is 6.54 Å². The molecule has 3 heterocycles. The number of phosphoric acid groups is 1. The van der Waals surface area contributed by atoms with Crippen LogP contribution in [0.3, 0.4) is 0 Å². The number of aliphatic hydroxyl groups excluding tert-OH is 2. The number of H-pyrrole nitrogens is 1. The number of aliphatic hydroxyl groups is 2. The zero-order chi connectivity index (χ0) is 24.5. The molecule has 1 aliphatic rings. The summed E-state index contributed by atoms with van der Waals surface area (Å²) in [6, 6.07) is -0.731. The number of hydrogen-bond acceptors (Lipinski definition) is 10. The first-order valence-corrected chi connectivity index (χ1v) is 11.6. The van der Waals surface area contributed by atoms with Crippen molar-refractivity contribution in [2.75, 3.05) is 18.5 Å². The van der Waals surface area contributed by atoms with Crippen LogP contribution in [0.15, 0.2) is 11.1 Å². The quantitative estimate of drug-likeness (QED) is 0.198. The van der Waals surface area contributed by atoms with Crippen LogP contribution in [0.4, 0.5) is 5.95 Å². The van der Waals surface area contributed by atoms with E-state index in [-0.39, 0.29) is 28.9 Å². The van der Waals surface area contributed by atoms with Crippen LogP contribution in [-0.4, -0.2) is 82.9 Å². The summed E-state index contributed by atoms with van der Waals surface area (Å²) in [6.07, 6.45) is -4.44. The first-order chi connectivity index (χ1) is 15.4. The normalized spacial score (nSPS) is 24.4. The summed E-state index contributed by atoms with van der Waals surface area (Å²) in [5.74, 6) is -0.0738. The molecule has 15 nitrogen and oxygen atoms in total. The minimum atomic E-state index is -4.82. The summed E-state index contributed by atoms with van der Waals surface area (Å²) in [4.78, 5) is 53.0. The fraction of sp³-hybridized carbons (Fsp3) is 0.647.